The Morgan fingerprint density at radius 2 is 1.44 bits per heavy atom. The van der Waals surface area contributed by atoms with Crippen LogP contribution in [0.4, 0.5) is 11.4 Å². The summed E-state index contributed by atoms with van der Waals surface area (Å²) < 4.78 is 5.03. The van der Waals surface area contributed by atoms with Crippen LogP contribution in [0, 0.1) is 0 Å². The van der Waals surface area contributed by atoms with Crippen molar-refractivity contribution in [1.29, 1.82) is 0 Å². The molecule has 4 aromatic rings. The molecule has 0 saturated heterocycles. The van der Waals surface area contributed by atoms with Gasteiger partial charge in [-0.25, -0.2) is 0 Å². The van der Waals surface area contributed by atoms with Crippen LogP contribution >= 0.6 is 11.6 Å². The molecule has 0 fully saturated rings. The zero-order valence-corrected chi connectivity index (χ0v) is 18.5. The lowest BCUT2D eigenvalue weighted by Crippen LogP contribution is -2.34. The first-order valence-corrected chi connectivity index (χ1v) is 10.7. The molecule has 162 valence electrons. The molecule has 1 unspecified atom stereocenters. The number of ether oxygens (including phenoxy) is 1. The molecule has 0 saturated carbocycles. The normalized spacial score (nSPS) is 13.0. The fourth-order valence-corrected chi connectivity index (χ4v) is 3.92. The van der Waals surface area contributed by atoms with E-state index in [0.29, 0.717) is 10.7 Å². The summed E-state index contributed by atoms with van der Waals surface area (Å²) in [5.41, 5.74) is 2.64. The van der Waals surface area contributed by atoms with Gasteiger partial charge in [0.25, 0.3) is 10.9 Å². The van der Waals surface area contributed by atoms with Gasteiger partial charge in [0.05, 0.1) is 23.9 Å². The van der Waals surface area contributed by atoms with E-state index < -0.39 is 10.9 Å². The number of hydrogen-bond donors (Lipinski definition) is 2. The highest BCUT2D eigenvalue weighted by Gasteiger charge is 2.24. The van der Waals surface area contributed by atoms with Crippen LogP contribution in [-0.4, -0.2) is 7.11 Å². The highest BCUT2D eigenvalue weighted by atomic mass is 35.5. The summed E-state index contributed by atoms with van der Waals surface area (Å²) in [6, 6.07) is 25.9. The molecule has 0 aliphatic carbocycles. The van der Waals surface area contributed by atoms with Crippen molar-refractivity contribution in [3.8, 4) is 5.75 Å². The lowest BCUT2D eigenvalue weighted by molar-refractivity contribution is 0.408. The van der Waals surface area contributed by atoms with Gasteiger partial charge >= 0.3 is 0 Å². The fraction of sp³-hybridized carbons (Fsp3) is 0.154. The maximum atomic E-state index is 12.0. The monoisotopic (exact) mass is 446 g/mol. The first kappa shape index (κ1) is 21.8. The smallest absolute Gasteiger partial charge is 0.272 e. The average molecular weight is 447 g/mol. The first-order chi connectivity index (χ1) is 15.5. The van der Waals surface area contributed by atoms with Crippen LogP contribution in [0.5, 0.6) is 5.75 Å². The second kappa shape index (κ2) is 9.39. The molecule has 4 rings (SSSR count). The molecular weight excluding hydrogens is 424 g/mol. The summed E-state index contributed by atoms with van der Waals surface area (Å²) in [7, 11) is 1.36. The summed E-state index contributed by atoms with van der Waals surface area (Å²) in [4.78, 5) is 23.7. The molecule has 2 N–H and O–H groups in total. The van der Waals surface area contributed by atoms with E-state index in [9.17, 15) is 9.59 Å². The molecule has 0 aliphatic rings. The Hall–Kier alpha value is -3.41. The van der Waals surface area contributed by atoms with E-state index in [0.717, 1.165) is 11.1 Å². The van der Waals surface area contributed by atoms with Gasteiger partial charge in [-0.2, -0.15) is 0 Å². The lowest BCUT2D eigenvalue weighted by atomic mass is 9.96. The van der Waals surface area contributed by atoms with Crippen molar-refractivity contribution in [2.24, 2.45) is 0 Å². The molecular formula is C26H23ClN2O3. The van der Waals surface area contributed by atoms with E-state index in [1.54, 1.807) is 6.07 Å². The van der Waals surface area contributed by atoms with Crippen molar-refractivity contribution in [2.45, 2.75) is 19.0 Å². The Morgan fingerprint density at radius 3 is 2.06 bits per heavy atom. The first-order valence-electron chi connectivity index (χ1n) is 10.3. The van der Waals surface area contributed by atoms with Crippen LogP contribution in [0.3, 0.4) is 0 Å². The van der Waals surface area contributed by atoms with Crippen LogP contribution in [0.25, 0.3) is 0 Å². The summed E-state index contributed by atoms with van der Waals surface area (Å²) in [5, 5.41) is 7.12. The van der Waals surface area contributed by atoms with E-state index in [4.69, 9.17) is 16.3 Å². The number of halogens is 1. The van der Waals surface area contributed by atoms with Crippen molar-refractivity contribution < 1.29 is 4.74 Å². The molecule has 0 aliphatic heterocycles. The quantitative estimate of drug-likeness (QED) is 0.367. The predicted molar refractivity (Wildman–Crippen MR) is 129 cm³/mol. The minimum Gasteiger partial charge on any atom is -0.491 e. The van der Waals surface area contributed by atoms with Crippen molar-refractivity contribution in [1.82, 2.24) is 5.32 Å². The fourth-order valence-electron chi connectivity index (χ4n) is 3.75. The van der Waals surface area contributed by atoms with Crippen molar-refractivity contribution in [3.63, 3.8) is 0 Å². The van der Waals surface area contributed by atoms with Crippen molar-refractivity contribution in [2.75, 3.05) is 12.4 Å². The van der Waals surface area contributed by atoms with Crippen LogP contribution in [0.15, 0.2) is 88.5 Å². The maximum absolute atomic E-state index is 12.0. The maximum Gasteiger partial charge on any atom is 0.272 e. The van der Waals surface area contributed by atoms with Gasteiger partial charge in [-0.3, -0.25) is 14.9 Å². The standard InChI is InChI=1S/C26H23ClN2O3/c1-16(17-9-5-3-6-10-17)28-22(18-11-7-4-8-12-18)19-13-14-20(27)21(15-19)29-23-24(30)25(31)26(23)32-2/h3-16,22,28-29H,1-2H3/t16-,22?/m0/s1. The molecule has 0 radical (unpaired) electrons. The summed E-state index contributed by atoms with van der Waals surface area (Å²) in [5.74, 6) is 0.0203. The van der Waals surface area contributed by atoms with Gasteiger partial charge in [-0.05, 0) is 35.7 Å². The van der Waals surface area contributed by atoms with E-state index in [1.165, 1.54) is 12.7 Å². The Labute approximate surface area is 191 Å². The van der Waals surface area contributed by atoms with Gasteiger partial charge in [-0.15, -0.1) is 0 Å². The SMILES string of the molecule is COc1c(Nc2cc(C(N[C@@H](C)c3ccccc3)c3ccccc3)ccc2Cl)c(=O)c1=O. The minimum absolute atomic E-state index is 0.0203. The van der Waals surface area contributed by atoms with Crippen molar-refractivity contribution >= 4 is 23.0 Å². The third-order valence-corrected chi connectivity index (χ3v) is 5.83. The Morgan fingerprint density at radius 1 is 0.812 bits per heavy atom. The summed E-state index contributed by atoms with van der Waals surface area (Å²) in [6.07, 6.45) is 0. The Bertz CT molecular complexity index is 1280. The molecule has 6 heteroatoms. The lowest BCUT2D eigenvalue weighted by Gasteiger charge is -2.25. The zero-order valence-electron chi connectivity index (χ0n) is 17.8. The van der Waals surface area contributed by atoms with Gasteiger partial charge in [0.2, 0.25) is 0 Å². The molecule has 32 heavy (non-hydrogen) atoms. The number of nitrogens with one attached hydrogen (secondary N) is 2. The van der Waals surface area contributed by atoms with Crippen LogP contribution in [-0.2, 0) is 0 Å². The predicted octanol–water partition coefficient (Wildman–Crippen LogP) is 5.13. The molecule has 2 atom stereocenters. The van der Waals surface area contributed by atoms with E-state index >= 15 is 0 Å². The van der Waals surface area contributed by atoms with E-state index in [1.807, 2.05) is 48.5 Å². The highest BCUT2D eigenvalue weighted by Crippen LogP contribution is 2.33. The zero-order chi connectivity index (χ0) is 22.7. The summed E-state index contributed by atoms with van der Waals surface area (Å²) >= 11 is 6.41. The molecule has 5 nitrogen and oxygen atoms in total. The third-order valence-electron chi connectivity index (χ3n) is 5.50. The largest absolute Gasteiger partial charge is 0.491 e. The molecule has 0 amide bonds. The highest BCUT2D eigenvalue weighted by molar-refractivity contribution is 6.33. The van der Waals surface area contributed by atoms with Gasteiger partial charge < -0.3 is 10.1 Å². The van der Waals surface area contributed by atoms with Gasteiger partial charge in [0.15, 0.2) is 5.75 Å². The molecule has 0 heterocycles. The van der Waals surface area contributed by atoms with E-state index in [2.05, 4.69) is 41.8 Å². The Balaban J connectivity index is 1.70. The van der Waals surface area contributed by atoms with E-state index in [-0.39, 0.29) is 23.5 Å². The molecule has 0 spiro atoms. The average Bonchev–Trinajstić information content (AvgIpc) is 2.84. The molecule has 0 bridgehead atoms. The van der Waals surface area contributed by atoms with Crippen molar-refractivity contribution in [3.05, 3.63) is 121 Å². The third kappa shape index (κ3) is 4.31. The van der Waals surface area contributed by atoms with Gasteiger partial charge in [-0.1, -0.05) is 78.3 Å². The minimum atomic E-state index is -0.636. The number of hydrogen-bond acceptors (Lipinski definition) is 5. The Kier molecular flexibility index (Phi) is 6.40. The van der Waals surface area contributed by atoms with Crippen LogP contribution in [0.1, 0.15) is 35.7 Å². The molecule has 4 aromatic carbocycles. The second-order valence-electron chi connectivity index (χ2n) is 7.57. The number of benzene rings is 3. The molecule has 0 aromatic heterocycles. The van der Waals surface area contributed by atoms with Crippen LogP contribution < -0.4 is 26.2 Å². The van der Waals surface area contributed by atoms with Crippen LogP contribution in [0.2, 0.25) is 5.02 Å². The summed E-state index contributed by atoms with van der Waals surface area (Å²) in [6.45, 7) is 2.12. The number of rotatable bonds is 8. The van der Waals surface area contributed by atoms with Gasteiger partial charge in [0.1, 0.15) is 5.69 Å². The van der Waals surface area contributed by atoms with Gasteiger partial charge in [0, 0.05) is 6.04 Å². The topological polar surface area (TPSA) is 67.4 Å². The number of methoxy groups -OCH3 is 1. The number of anilines is 2. The second-order valence-corrected chi connectivity index (χ2v) is 7.98.